The Morgan fingerprint density at radius 2 is 1.35 bits per heavy atom. The Bertz CT molecular complexity index is 1200. The van der Waals surface area contributed by atoms with Crippen molar-refractivity contribution in [2.75, 3.05) is 13.2 Å². The zero-order valence-corrected chi connectivity index (χ0v) is 22.3. The van der Waals surface area contributed by atoms with E-state index < -0.39 is 15.0 Å². The zero-order valence-electron chi connectivity index (χ0n) is 17.1. The third kappa shape index (κ3) is 6.99. The molecule has 0 aliphatic carbocycles. The molecule has 0 saturated carbocycles. The molecule has 3 aromatic rings. The molecule has 34 heavy (non-hydrogen) atoms. The van der Waals surface area contributed by atoms with E-state index in [1.54, 1.807) is 33.4 Å². The van der Waals surface area contributed by atoms with Crippen LogP contribution in [-0.4, -0.2) is 40.6 Å². The summed E-state index contributed by atoms with van der Waals surface area (Å²) in [4.78, 5) is -0.403. The SMILES string of the molecule is O=S(=O)(O)c1cc(SOOO)cc(OCCn2c(S)ccc2S)c1OCCn1c(S)ccc1S. The first kappa shape index (κ1) is 27.5. The normalized spacial score (nSPS) is 11.7. The Labute approximate surface area is 222 Å². The van der Waals surface area contributed by atoms with Gasteiger partial charge in [0.05, 0.1) is 45.2 Å². The van der Waals surface area contributed by atoms with E-state index in [4.69, 9.17) is 14.7 Å². The Morgan fingerprint density at radius 3 is 1.82 bits per heavy atom. The lowest BCUT2D eigenvalue weighted by atomic mass is 10.3. The standard InChI is InChI=1S/C18H20N2O8S6/c21-27-28-33-11-9-12(25-7-5-19-14(29)1-2-15(19)30)18(13(10-11)34(22,23)24)26-8-6-20-16(31)3-4-17(20)32/h1-4,9-10,21,29-32H,5-8H2,(H,22,23,24). The van der Waals surface area contributed by atoms with Crippen LogP contribution in [0.4, 0.5) is 0 Å². The van der Waals surface area contributed by atoms with Gasteiger partial charge in [-0.15, -0.1) is 54.8 Å². The summed E-state index contributed by atoms with van der Waals surface area (Å²) in [5, 5.41) is 14.6. The van der Waals surface area contributed by atoms with Gasteiger partial charge in [0, 0.05) is 11.0 Å². The van der Waals surface area contributed by atoms with E-state index >= 15 is 0 Å². The molecule has 16 heteroatoms. The van der Waals surface area contributed by atoms with E-state index in [-0.39, 0.29) is 29.6 Å². The highest BCUT2D eigenvalue weighted by Crippen LogP contribution is 2.39. The molecule has 0 fully saturated rings. The fourth-order valence-corrected chi connectivity index (χ4v) is 5.39. The number of ether oxygens (including phenoxy) is 2. The molecule has 0 aliphatic rings. The maximum absolute atomic E-state index is 12.1. The van der Waals surface area contributed by atoms with Crippen molar-refractivity contribution in [1.29, 1.82) is 0 Å². The molecular formula is C18H20N2O8S6. The van der Waals surface area contributed by atoms with Crippen LogP contribution in [-0.2, 0) is 32.6 Å². The van der Waals surface area contributed by atoms with Crippen LogP contribution in [0.2, 0.25) is 0 Å². The van der Waals surface area contributed by atoms with Crippen LogP contribution in [0.15, 0.2) is 66.3 Å². The summed E-state index contributed by atoms with van der Waals surface area (Å²) in [5.41, 5.74) is 0. The molecule has 1 aromatic carbocycles. The van der Waals surface area contributed by atoms with Crippen molar-refractivity contribution < 1.29 is 37.1 Å². The summed E-state index contributed by atoms with van der Waals surface area (Å²) in [6.45, 7) is 0.731. The van der Waals surface area contributed by atoms with Crippen molar-refractivity contribution in [3.63, 3.8) is 0 Å². The molecule has 0 radical (unpaired) electrons. The number of thiol groups is 4. The zero-order chi connectivity index (χ0) is 24.9. The second-order valence-corrected chi connectivity index (χ2v) is 10.5. The van der Waals surface area contributed by atoms with Crippen LogP contribution in [0.5, 0.6) is 11.5 Å². The predicted molar refractivity (Wildman–Crippen MR) is 136 cm³/mol. The molecule has 186 valence electrons. The molecule has 0 aliphatic heterocycles. The van der Waals surface area contributed by atoms with Gasteiger partial charge in [0.2, 0.25) is 0 Å². The molecule has 2 heterocycles. The highest BCUT2D eigenvalue weighted by molar-refractivity contribution is 7.94. The highest BCUT2D eigenvalue weighted by atomic mass is 32.2. The van der Waals surface area contributed by atoms with Gasteiger partial charge in [-0.25, -0.2) is 5.26 Å². The Balaban J connectivity index is 1.89. The third-order valence-corrected chi connectivity index (χ3v) is 7.41. The van der Waals surface area contributed by atoms with Crippen LogP contribution in [0.3, 0.4) is 0 Å². The van der Waals surface area contributed by atoms with E-state index in [0.29, 0.717) is 45.2 Å². The first-order valence-electron chi connectivity index (χ1n) is 9.32. The van der Waals surface area contributed by atoms with Gasteiger partial charge in [0.25, 0.3) is 10.1 Å². The second kappa shape index (κ2) is 12.2. The fourth-order valence-electron chi connectivity index (χ4n) is 2.93. The van der Waals surface area contributed by atoms with E-state index in [0.717, 1.165) is 6.07 Å². The minimum Gasteiger partial charge on any atom is -0.488 e. The van der Waals surface area contributed by atoms with Crippen LogP contribution >= 0.6 is 62.6 Å². The summed E-state index contributed by atoms with van der Waals surface area (Å²) < 4.78 is 53.5. The lowest BCUT2D eigenvalue weighted by molar-refractivity contribution is -0.432. The van der Waals surface area contributed by atoms with Crippen molar-refractivity contribution in [3.05, 3.63) is 36.4 Å². The van der Waals surface area contributed by atoms with Crippen LogP contribution in [0.25, 0.3) is 0 Å². The van der Waals surface area contributed by atoms with Crippen LogP contribution in [0, 0.1) is 0 Å². The van der Waals surface area contributed by atoms with Gasteiger partial charge < -0.3 is 18.6 Å². The summed E-state index contributed by atoms with van der Waals surface area (Å²) in [6.07, 6.45) is 0. The van der Waals surface area contributed by atoms with Crippen LogP contribution < -0.4 is 9.47 Å². The summed E-state index contributed by atoms with van der Waals surface area (Å²) in [5.74, 6) is -0.187. The summed E-state index contributed by atoms with van der Waals surface area (Å²) >= 11 is 17.9. The van der Waals surface area contributed by atoms with Crippen molar-refractivity contribution in [1.82, 2.24) is 9.13 Å². The van der Waals surface area contributed by atoms with E-state index in [1.165, 1.54) is 6.07 Å². The van der Waals surface area contributed by atoms with Crippen molar-refractivity contribution >= 4 is 72.7 Å². The average Bonchev–Trinajstić information content (AvgIpc) is 3.27. The molecule has 2 N–H and O–H groups in total. The smallest absolute Gasteiger partial charge is 0.298 e. The van der Waals surface area contributed by atoms with Crippen molar-refractivity contribution in [2.24, 2.45) is 0 Å². The number of nitrogens with zero attached hydrogens (tertiary/aromatic N) is 2. The molecule has 2 aromatic heterocycles. The lowest BCUT2D eigenvalue weighted by Crippen LogP contribution is -2.14. The van der Waals surface area contributed by atoms with Gasteiger partial charge in [-0.05, 0) is 30.3 Å². The van der Waals surface area contributed by atoms with E-state index in [1.807, 2.05) is 0 Å². The molecule has 10 nitrogen and oxygen atoms in total. The lowest BCUT2D eigenvalue weighted by Gasteiger charge is -2.18. The second-order valence-electron chi connectivity index (χ2n) is 6.55. The molecule has 3 rings (SSSR count). The van der Waals surface area contributed by atoms with Gasteiger partial charge in [0.15, 0.2) is 11.5 Å². The molecule has 0 bridgehead atoms. The summed E-state index contributed by atoms with van der Waals surface area (Å²) in [6, 6.07) is 9.56. The maximum Gasteiger partial charge on any atom is 0.298 e. The molecule has 0 atom stereocenters. The minimum absolute atomic E-state index is 0.0105. The molecule has 0 saturated heterocycles. The quantitative estimate of drug-likeness (QED) is 0.0609. The predicted octanol–water partition coefficient (Wildman–Crippen LogP) is 4.28. The van der Waals surface area contributed by atoms with Gasteiger partial charge in [0.1, 0.15) is 18.1 Å². The topological polar surface area (TPSA) is 121 Å². The maximum atomic E-state index is 12.1. The number of hydrogen-bond donors (Lipinski definition) is 6. The monoisotopic (exact) mass is 584 g/mol. The van der Waals surface area contributed by atoms with Gasteiger partial charge in [-0.3, -0.25) is 4.55 Å². The van der Waals surface area contributed by atoms with Crippen LogP contribution in [0.1, 0.15) is 0 Å². The Kier molecular flexibility index (Phi) is 9.91. The average molecular weight is 585 g/mol. The Morgan fingerprint density at radius 1 is 0.853 bits per heavy atom. The molecule has 0 amide bonds. The van der Waals surface area contributed by atoms with Crippen molar-refractivity contribution in [2.45, 2.75) is 43.0 Å². The fraction of sp³-hybridized carbons (Fsp3) is 0.222. The number of hydrogen-bond acceptors (Lipinski definition) is 12. The van der Waals surface area contributed by atoms with E-state index in [2.05, 4.69) is 59.9 Å². The van der Waals surface area contributed by atoms with E-state index in [9.17, 15) is 13.0 Å². The van der Waals surface area contributed by atoms with Gasteiger partial charge in [-0.2, -0.15) is 8.42 Å². The van der Waals surface area contributed by atoms with Gasteiger partial charge >= 0.3 is 0 Å². The molecular weight excluding hydrogens is 565 g/mol. The number of benzene rings is 1. The first-order valence-corrected chi connectivity index (χ1v) is 13.3. The largest absolute Gasteiger partial charge is 0.488 e. The Hall–Kier alpha value is -1.08. The molecule has 0 spiro atoms. The molecule has 0 unspecified atom stereocenters. The summed E-state index contributed by atoms with van der Waals surface area (Å²) in [7, 11) is -4.73. The van der Waals surface area contributed by atoms with Gasteiger partial charge in [-0.1, -0.05) is 5.04 Å². The minimum atomic E-state index is -4.73. The third-order valence-electron chi connectivity index (χ3n) is 4.44. The number of aromatic nitrogens is 2. The number of rotatable bonds is 12. The van der Waals surface area contributed by atoms with Crippen molar-refractivity contribution in [3.8, 4) is 11.5 Å². The highest BCUT2D eigenvalue weighted by Gasteiger charge is 2.24. The first-order chi connectivity index (χ1) is 16.1.